The fourth-order valence-electron chi connectivity index (χ4n) is 6.55. The van der Waals surface area contributed by atoms with Crippen molar-refractivity contribution in [1.82, 2.24) is 14.1 Å². The molecule has 0 saturated heterocycles. The van der Waals surface area contributed by atoms with Gasteiger partial charge >= 0.3 is 0 Å². The van der Waals surface area contributed by atoms with Crippen molar-refractivity contribution in [2.75, 3.05) is 0 Å². The Morgan fingerprint density at radius 3 is 1.84 bits per heavy atom. The van der Waals surface area contributed by atoms with Crippen molar-refractivity contribution in [3.05, 3.63) is 151 Å². The maximum Gasteiger partial charge on any atom is 0.0963 e. The zero-order valence-electron chi connectivity index (χ0n) is 24.9. The minimum atomic E-state index is 0.876. The van der Waals surface area contributed by atoms with Gasteiger partial charge in [0, 0.05) is 28.3 Å². The molecule has 3 aromatic heterocycles. The zero-order chi connectivity index (χ0) is 30.3. The van der Waals surface area contributed by atoms with E-state index in [1.807, 2.05) is 31.3 Å². The predicted octanol–water partition coefficient (Wildman–Crippen LogP) is 10.8. The fourth-order valence-corrected chi connectivity index (χ4v) is 6.55. The van der Waals surface area contributed by atoms with Crippen molar-refractivity contribution in [1.29, 1.82) is 0 Å². The van der Waals surface area contributed by atoms with Gasteiger partial charge in [0.25, 0.3) is 0 Å². The van der Waals surface area contributed by atoms with Gasteiger partial charge in [-0.15, -0.1) is 0 Å². The van der Waals surface area contributed by atoms with Gasteiger partial charge in [-0.1, -0.05) is 84.9 Å². The summed E-state index contributed by atoms with van der Waals surface area (Å²) in [5.74, 6) is 0. The van der Waals surface area contributed by atoms with Crippen LogP contribution in [0.3, 0.4) is 0 Å². The number of allylic oxidation sites excluding steroid dienone is 1. The molecule has 3 heterocycles. The summed E-state index contributed by atoms with van der Waals surface area (Å²) in [6.07, 6.45) is 6.05. The fraction of sp³-hybridized carbons (Fsp3) is 0.0244. The van der Waals surface area contributed by atoms with Crippen molar-refractivity contribution >= 4 is 51.3 Å². The van der Waals surface area contributed by atoms with E-state index in [0.29, 0.717) is 0 Å². The van der Waals surface area contributed by atoms with E-state index in [-0.39, 0.29) is 0 Å². The van der Waals surface area contributed by atoms with E-state index in [1.165, 1.54) is 16.7 Å². The number of aliphatic imine (C=N–C) groups is 1. The van der Waals surface area contributed by atoms with Crippen LogP contribution >= 0.6 is 0 Å². The van der Waals surface area contributed by atoms with Crippen molar-refractivity contribution in [3.8, 4) is 33.6 Å². The van der Waals surface area contributed by atoms with E-state index >= 15 is 0 Å². The zero-order valence-corrected chi connectivity index (χ0v) is 24.9. The van der Waals surface area contributed by atoms with Gasteiger partial charge in [0.15, 0.2) is 0 Å². The second kappa shape index (κ2) is 10.9. The number of hydrogen-bond donors (Lipinski definition) is 0. The number of nitrogens with zero attached hydrogens (tertiary/aromatic N) is 4. The van der Waals surface area contributed by atoms with Crippen molar-refractivity contribution in [2.45, 2.75) is 6.92 Å². The van der Waals surface area contributed by atoms with Gasteiger partial charge in [0.2, 0.25) is 0 Å². The Bertz CT molecular complexity index is 2390. The highest BCUT2D eigenvalue weighted by molar-refractivity contribution is 6.08. The highest BCUT2D eigenvalue weighted by atomic mass is 15.0. The first-order valence-electron chi connectivity index (χ1n) is 15.1. The lowest BCUT2D eigenvalue weighted by Crippen LogP contribution is -2.00. The van der Waals surface area contributed by atoms with Crippen LogP contribution in [0.25, 0.3) is 72.5 Å². The van der Waals surface area contributed by atoms with E-state index < -0.39 is 0 Å². The number of benzene rings is 5. The van der Waals surface area contributed by atoms with Crippen LogP contribution in [-0.4, -0.2) is 20.8 Å². The van der Waals surface area contributed by atoms with Crippen molar-refractivity contribution < 1.29 is 0 Å². The Hall–Kier alpha value is -6.00. The number of fused-ring (bicyclic) bond motifs is 4. The topological polar surface area (TPSA) is 35.1 Å². The standard InChI is InChI=1S/C41H30N4/c1-3-12-38-40(42-2)34-25-30(28-13-6-4-7-14-28)20-22-36(34)44(38)32-17-10-18-33(27-32)45-37-23-21-31(29-15-8-5-9-16-29)26-35(37)41-39(45)19-11-24-43-41/h3-27H,2H2,1H3/b12-3-. The third-order valence-corrected chi connectivity index (χ3v) is 8.54. The molecule has 214 valence electrons. The molecule has 0 aliphatic carbocycles. The summed E-state index contributed by atoms with van der Waals surface area (Å²) in [6.45, 7) is 6.02. The molecule has 4 nitrogen and oxygen atoms in total. The molecule has 0 bridgehead atoms. The summed E-state index contributed by atoms with van der Waals surface area (Å²) < 4.78 is 4.61. The smallest absolute Gasteiger partial charge is 0.0963 e. The van der Waals surface area contributed by atoms with Crippen LogP contribution in [-0.2, 0) is 0 Å². The first-order valence-corrected chi connectivity index (χ1v) is 15.1. The number of hydrogen-bond acceptors (Lipinski definition) is 2. The first kappa shape index (κ1) is 26.6. The normalized spacial score (nSPS) is 11.7. The van der Waals surface area contributed by atoms with Crippen LogP contribution in [0.4, 0.5) is 5.69 Å². The van der Waals surface area contributed by atoms with Crippen LogP contribution in [0.15, 0.2) is 151 Å². The van der Waals surface area contributed by atoms with Crippen LogP contribution < -0.4 is 0 Å². The Balaban J connectivity index is 1.34. The summed E-state index contributed by atoms with van der Waals surface area (Å²) in [5, 5.41) is 2.20. The largest absolute Gasteiger partial charge is 0.308 e. The van der Waals surface area contributed by atoms with Crippen LogP contribution in [0.5, 0.6) is 0 Å². The number of aromatic nitrogens is 3. The van der Waals surface area contributed by atoms with Crippen molar-refractivity contribution in [2.24, 2.45) is 4.99 Å². The van der Waals surface area contributed by atoms with Gasteiger partial charge in [-0.25, -0.2) is 0 Å². The summed E-state index contributed by atoms with van der Waals surface area (Å²) >= 11 is 0. The third-order valence-electron chi connectivity index (χ3n) is 8.54. The molecule has 4 heteroatoms. The Kier molecular flexibility index (Phi) is 6.46. The molecule has 0 N–H and O–H groups in total. The summed E-state index contributed by atoms with van der Waals surface area (Å²) in [5.41, 5.74) is 12.9. The van der Waals surface area contributed by atoms with Crippen LogP contribution in [0.2, 0.25) is 0 Å². The molecule has 45 heavy (non-hydrogen) atoms. The van der Waals surface area contributed by atoms with Crippen LogP contribution in [0.1, 0.15) is 12.6 Å². The van der Waals surface area contributed by atoms with E-state index in [9.17, 15) is 0 Å². The Labute approximate surface area is 261 Å². The number of pyridine rings is 1. The molecular formula is C41H30N4. The SMILES string of the molecule is C=Nc1c(/C=C\C)n(-c2cccc(-n3c4ccc(-c5ccccc5)cc4c4ncccc43)c2)c2ccc(-c3ccccc3)cc12. The molecular weight excluding hydrogens is 548 g/mol. The quantitative estimate of drug-likeness (QED) is 0.181. The summed E-state index contributed by atoms with van der Waals surface area (Å²) in [6, 6.07) is 47.1. The van der Waals surface area contributed by atoms with Crippen molar-refractivity contribution in [3.63, 3.8) is 0 Å². The lowest BCUT2D eigenvalue weighted by molar-refractivity contribution is 1.09. The van der Waals surface area contributed by atoms with Gasteiger partial charge in [-0.2, -0.15) is 0 Å². The second-order valence-electron chi connectivity index (χ2n) is 11.1. The second-order valence-corrected chi connectivity index (χ2v) is 11.1. The maximum atomic E-state index is 4.84. The molecule has 0 spiro atoms. The lowest BCUT2D eigenvalue weighted by atomic mass is 10.0. The highest BCUT2D eigenvalue weighted by Gasteiger charge is 2.19. The molecule has 0 amide bonds. The third kappa shape index (κ3) is 4.38. The minimum absolute atomic E-state index is 0.876. The molecule has 5 aromatic carbocycles. The lowest BCUT2D eigenvalue weighted by Gasteiger charge is -2.13. The van der Waals surface area contributed by atoms with Gasteiger partial charge in [-0.3, -0.25) is 9.98 Å². The Morgan fingerprint density at radius 2 is 1.20 bits per heavy atom. The van der Waals surface area contributed by atoms with E-state index in [0.717, 1.165) is 61.2 Å². The molecule has 8 rings (SSSR count). The molecule has 0 saturated carbocycles. The molecule has 8 aromatic rings. The predicted molar refractivity (Wildman–Crippen MR) is 190 cm³/mol. The molecule has 0 atom stereocenters. The molecule has 0 aliphatic rings. The van der Waals surface area contributed by atoms with Gasteiger partial charge < -0.3 is 9.13 Å². The van der Waals surface area contributed by atoms with E-state index in [4.69, 9.17) is 4.98 Å². The summed E-state index contributed by atoms with van der Waals surface area (Å²) in [7, 11) is 0. The average Bonchev–Trinajstić information content (AvgIpc) is 3.60. The number of rotatable bonds is 6. The molecule has 0 radical (unpaired) electrons. The molecule has 0 fully saturated rings. The summed E-state index contributed by atoms with van der Waals surface area (Å²) in [4.78, 5) is 9.39. The van der Waals surface area contributed by atoms with Gasteiger partial charge in [0.1, 0.15) is 0 Å². The van der Waals surface area contributed by atoms with Gasteiger partial charge in [-0.05, 0) is 96.6 Å². The monoisotopic (exact) mass is 578 g/mol. The molecule has 0 aliphatic heterocycles. The molecule has 0 unspecified atom stereocenters. The highest BCUT2D eigenvalue weighted by Crippen LogP contribution is 2.40. The van der Waals surface area contributed by atoms with Crippen LogP contribution in [0, 0.1) is 0 Å². The minimum Gasteiger partial charge on any atom is -0.308 e. The van der Waals surface area contributed by atoms with Gasteiger partial charge in [0.05, 0.1) is 33.4 Å². The average molecular weight is 579 g/mol. The Morgan fingerprint density at radius 1 is 0.578 bits per heavy atom. The first-order chi connectivity index (χ1) is 22.2. The maximum absolute atomic E-state index is 4.84. The van der Waals surface area contributed by atoms with E-state index in [2.05, 4.69) is 148 Å². The van der Waals surface area contributed by atoms with E-state index in [1.54, 1.807) is 0 Å².